The first kappa shape index (κ1) is 13.3. The van der Waals surface area contributed by atoms with E-state index in [0.29, 0.717) is 0 Å². The van der Waals surface area contributed by atoms with E-state index in [1.54, 1.807) is 4.31 Å². The molecule has 1 aliphatic rings. The smallest absolute Gasteiger partial charge is 0.232 e. The zero-order valence-electron chi connectivity index (χ0n) is 9.76. The van der Waals surface area contributed by atoms with Crippen LogP contribution in [0.4, 0.5) is 0 Å². The summed E-state index contributed by atoms with van der Waals surface area (Å²) in [6.07, 6.45) is 4.05. The van der Waals surface area contributed by atoms with Gasteiger partial charge in [0.2, 0.25) is 0 Å². The Morgan fingerprint density at radius 2 is 2.29 bits per heavy atom. The molecular formula is C10H15ClN2O2S2. The van der Waals surface area contributed by atoms with Gasteiger partial charge in [0.1, 0.15) is 0 Å². The lowest BCUT2D eigenvalue weighted by molar-refractivity contribution is 0.329. The molecule has 4 nitrogen and oxygen atoms in total. The maximum Gasteiger partial charge on any atom is 0.254 e. The largest absolute Gasteiger partial charge is 0.254 e. The fourth-order valence-electron chi connectivity index (χ4n) is 2.33. The van der Waals surface area contributed by atoms with Gasteiger partial charge in [-0.15, -0.1) is 0 Å². The van der Waals surface area contributed by atoms with Crippen molar-refractivity contribution in [2.45, 2.75) is 49.4 Å². The van der Waals surface area contributed by atoms with Crippen LogP contribution in [0.1, 0.15) is 33.1 Å². The highest BCUT2D eigenvalue weighted by Crippen LogP contribution is 2.34. The average molecular weight is 295 g/mol. The Balaban J connectivity index is 2.38. The van der Waals surface area contributed by atoms with Crippen LogP contribution in [0.3, 0.4) is 0 Å². The molecule has 1 saturated heterocycles. The molecule has 0 aromatic carbocycles. The lowest BCUT2D eigenvalue weighted by atomic mass is 10.2. The molecule has 96 valence electrons. The molecule has 1 aliphatic heterocycles. The fourth-order valence-corrected chi connectivity index (χ4v) is 5.68. The van der Waals surface area contributed by atoms with E-state index in [4.69, 9.17) is 11.6 Å². The van der Waals surface area contributed by atoms with E-state index in [1.807, 2.05) is 13.8 Å². The van der Waals surface area contributed by atoms with Gasteiger partial charge in [-0.25, -0.2) is 13.4 Å². The Bertz CT molecular complexity index is 500. The molecule has 0 bridgehead atoms. The van der Waals surface area contributed by atoms with E-state index < -0.39 is 10.0 Å². The second-order valence-corrected chi connectivity index (χ2v) is 7.94. The molecule has 7 heteroatoms. The van der Waals surface area contributed by atoms with Gasteiger partial charge in [-0.05, 0) is 26.2 Å². The van der Waals surface area contributed by atoms with Gasteiger partial charge < -0.3 is 0 Å². The molecule has 0 spiro atoms. The number of hydrogen-bond donors (Lipinski definition) is 0. The van der Waals surface area contributed by atoms with Crippen molar-refractivity contribution in [3.8, 4) is 0 Å². The van der Waals surface area contributed by atoms with E-state index in [0.717, 1.165) is 30.6 Å². The van der Waals surface area contributed by atoms with E-state index in [2.05, 4.69) is 4.98 Å². The molecule has 0 aliphatic carbocycles. The highest BCUT2D eigenvalue weighted by atomic mass is 35.5. The summed E-state index contributed by atoms with van der Waals surface area (Å²) in [7, 11) is -3.42. The van der Waals surface area contributed by atoms with Gasteiger partial charge in [0.15, 0.2) is 8.68 Å². The molecule has 0 N–H and O–H groups in total. The third-order valence-electron chi connectivity index (χ3n) is 3.17. The number of hydrogen-bond acceptors (Lipinski definition) is 4. The van der Waals surface area contributed by atoms with E-state index >= 15 is 0 Å². The Labute approximate surface area is 111 Å². The van der Waals surface area contributed by atoms with Crippen LogP contribution in [0.2, 0.25) is 4.47 Å². The molecule has 17 heavy (non-hydrogen) atoms. The molecule has 0 radical (unpaired) electrons. The average Bonchev–Trinajstić information content (AvgIpc) is 2.84. The van der Waals surface area contributed by atoms with Crippen LogP contribution >= 0.6 is 22.9 Å². The van der Waals surface area contributed by atoms with Crippen molar-refractivity contribution in [1.29, 1.82) is 0 Å². The topological polar surface area (TPSA) is 50.3 Å². The summed E-state index contributed by atoms with van der Waals surface area (Å²) in [5.74, 6) is 0. The first-order valence-corrected chi connectivity index (χ1v) is 8.25. The van der Waals surface area contributed by atoms with Gasteiger partial charge in [-0.2, -0.15) is 4.31 Å². The predicted octanol–water partition coefficient (Wildman–Crippen LogP) is 2.75. The van der Waals surface area contributed by atoms with Crippen LogP contribution in [0.15, 0.2) is 10.4 Å². The lowest BCUT2D eigenvalue weighted by Gasteiger charge is -2.25. The van der Waals surface area contributed by atoms with Crippen LogP contribution in [-0.4, -0.2) is 29.8 Å². The number of rotatable bonds is 3. The minimum atomic E-state index is -3.42. The lowest BCUT2D eigenvalue weighted by Crippen LogP contribution is -2.39. The van der Waals surface area contributed by atoms with Crippen LogP contribution in [0.25, 0.3) is 0 Å². The molecule has 1 aromatic rings. The van der Waals surface area contributed by atoms with E-state index in [-0.39, 0.29) is 20.8 Å². The summed E-state index contributed by atoms with van der Waals surface area (Å²) in [4.78, 5) is 3.81. The zero-order chi connectivity index (χ0) is 12.6. The summed E-state index contributed by atoms with van der Waals surface area (Å²) >= 11 is 6.73. The van der Waals surface area contributed by atoms with Crippen molar-refractivity contribution in [2.75, 3.05) is 0 Å². The highest BCUT2D eigenvalue weighted by molar-refractivity contribution is 7.91. The van der Waals surface area contributed by atoms with Crippen LogP contribution in [-0.2, 0) is 10.0 Å². The quantitative estimate of drug-likeness (QED) is 0.861. The van der Waals surface area contributed by atoms with Crippen molar-refractivity contribution in [1.82, 2.24) is 9.29 Å². The molecule has 1 aromatic heterocycles. The number of aromatic nitrogens is 1. The van der Waals surface area contributed by atoms with Crippen molar-refractivity contribution in [3.63, 3.8) is 0 Å². The molecule has 0 saturated carbocycles. The number of nitrogens with zero attached hydrogens (tertiary/aromatic N) is 2. The predicted molar refractivity (Wildman–Crippen MR) is 68.9 cm³/mol. The number of sulfonamides is 1. The molecule has 2 heterocycles. The zero-order valence-corrected chi connectivity index (χ0v) is 12.1. The van der Waals surface area contributed by atoms with Crippen molar-refractivity contribution in [2.24, 2.45) is 0 Å². The Morgan fingerprint density at radius 1 is 1.59 bits per heavy atom. The molecule has 2 unspecified atom stereocenters. The van der Waals surface area contributed by atoms with Crippen LogP contribution in [0.5, 0.6) is 0 Å². The summed E-state index contributed by atoms with van der Waals surface area (Å²) in [6.45, 7) is 3.97. The van der Waals surface area contributed by atoms with Gasteiger partial charge >= 0.3 is 0 Å². The highest BCUT2D eigenvalue weighted by Gasteiger charge is 2.39. The summed E-state index contributed by atoms with van der Waals surface area (Å²) in [5.41, 5.74) is 0. The molecule has 0 amide bonds. The second kappa shape index (κ2) is 4.84. The minimum absolute atomic E-state index is 0.0609. The van der Waals surface area contributed by atoms with Crippen LogP contribution in [0, 0.1) is 0 Å². The Morgan fingerprint density at radius 3 is 2.82 bits per heavy atom. The van der Waals surface area contributed by atoms with Crippen molar-refractivity contribution >= 4 is 33.0 Å². The van der Waals surface area contributed by atoms with Gasteiger partial charge in [-0.3, -0.25) is 0 Å². The maximum atomic E-state index is 12.5. The molecule has 2 atom stereocenters. The van der Waals surface area contributed by atoms with Gasteiger partial charge in [0.25, 0.3) is 10.0 Å². The second-order valence-electron chi connectivity index (χ2n) is 4.26. The Hall–Kier alpha value is -0.170. The van der Waals surface area contributed by atoms with E-state index in [9.17, 15) is 8.42 Å². The third-order valence-corrected chi connectivity index (χ3v) is 6.79. The molecule has 1 fully saturated rings. The van der Waals surface area contributed by atoms with Crippen LogP contribution < -0.4 is 0 Å². The standard InChI is InChI=1S/C10H15ClN2O2S2/c1-3-8-5-4-7(2)13(8)17(14,15)9-6-12-10(11)16-9/h6-8H,3-5H2,1-2H3. The molecular weight excluding hydrogens is 280 g/mol. The summed E-state index contributed by atoms with van der Waals surface area (Å²) in [6, 6.07) is 0.168. The number of thiazole rings is 1. The maximum absolute atomic E-state index is 12.5. The monoisotopic (exact) mass is 294 g/mol. The SMILES string of the molecule is CCC1CCC(C)N1S(=O)(=O)c1cnc(Cl)s1. The summed E-state index contributed by atoms with van der Waals surface area (Å²) in [5, 5.41) is 0. The number of halogens is 1. The minimum Gasteiger partial charge on any atom is -0.232 e. The fraction of sp³-hybridized carbons (Fsp3) is 0.700. The van der Waals surface area contributed by atoms with Crippen molar-refractivity contribution < 1.29 is 8.42 Å². The van der Waals surface area contributed by atoms with Gasteiger partial charge in [0.05, 0.1) is 6.20 Å². The Kier molecular flexibility index (Phi) is 3.77. The third kappa shape index (κ3) is 2.36. The van der Waals surface area contributed by atoms with Crippen molar-refractivity contribution in [3.05, 3.63) is 10.7 Å². The first-order valence-electron chi connectivity index (χ1n) is 5.61. The van der Waals surface area contributed by atoms with Gasteiger partial charge in [0, 0.05) is 12.1 Å². The summed E-state index contributed by atoms with van der Waals surface area (Å²) < 4.78 is 27.1. The molecule has 2 rings (SSSR count). The normalized spacial score (nSPS) is 26.5. The first-order chi connectivity index (χ1) is 7.96. The van der Waals surface area contributed by atoms with Gasteiger partial charge in [-0.1, -0.05) is 29.9 Å². The van der Waals surface area contributed by atoms with E-state index in [1.165, 1.54) is 6.20 Å².